The fourth-order valence-corrected chi connectivity index (χ4v) is 2.14. The van der Waals surface area contributed by atoms with E-state index in [9.17, 15) is 4.79 Å². The van der Waals surface area contributed by atoms with Gasteiger partial charge in [0, 0.05) is 4.88 Å². The van der Waals surface area contributed by atoms with Gasteiger partial charge in [-0.3, -0.25) is 15.5 Å². The number of nitrogens with zero attached hydrogens (tertiary/aromatic N) is 1. The Labute approximate surface area is 98.0 Å². The molecule has 1 rings (SSSR count). The van der Waals surface area contributed by atoms with Crippen molar-refractivity contribution in [3.05, 3.63) is 15.8 Å². The first-order chi connectivity index (χ1) is 7.36. The average Bonchev–Trinajstić information content (AvgIpc) is 2.57. The maximum atomic E-state index is 11.2. The number of nitrogens with two attached hydrogens (primary N) is 1. The second-order valence-corrected chi connectivity index (χ2v) is 5.38. The van der Waals surface area contributed by atoms with Crippen LogP contribution in [0.2, 0.25) is 0 Å². The van der Waals surface area contributed by atoms with E-state index < -0.39 is 5.91 Å². The largest absolute Gasteiger partial charge is 0.365 e. The van der Waals surface area contributed by atoms with Crippen LogP contribution < -0.4 is 11.2 Å². The number of carbonyl (C=O) groups is 1. The van der Waals surface area contributed by atoms with Crippen molar-refractivity contribution in [1.29, 1.82) is 0 Å². The number of carbonyl (C=O) groups excluding carboxylic acids is 1. The normalized spacial score (nSPS) is 12.0. The summed E-state index contributed by atoms with van der Waals surface area (Å²) in [5.41, 5.74) is 7.46. The number of rotatable bonds is 3. The molecule has 0 bridgehead atoms. The van der Waals surface area contributed by atoms with Crippen LogP contribution in [0, 0.1) is 0 Å². The Balaban J connectivity index is 3.20. The van der Waals surface area contributed by atoms with Crippen LogP contribution in [-0.4, -0.2) is 17.5 Å². The zero-order valence-electron chi connectivity index (χ0n) is 9.44. The van der Waals surface area contributed by atoms with E-state index in [2.05, 4.69) is 4.99 Å². The van der Waals surface area contributed by atoms with Gasteiger partial charge in [-0.05, 0) is 11.5 Å². The van der Waals surface area contributed by atoms with Gasteiger partial charge in [0.15, 0.2) is 0 Å². The summed E-state index contributed by atoms with van der Waals surface area (Å²) in [6.07, 6.45) is 1.10. The molecule has 0 aliphatic heterocycles. The molecule has 0 unspecified atom stereocenters. The molecule has 0 saturated heterocycles. The fraction of sp³-hybridized carbons (Fsp3) is 0.400. The number of nitrogens with one attached hydrogen (secondary N) is 1. The zero-order valence-corrected chi connectivity index (χ0v) is 10.3. The molecule has 88 valence electrons. The Morgan fingerprint density at radius 3 is 2.69 bits per heavy atom. The molecule has 0 saturated carbocycles. The van der Waals surface area contributed by atoms with Gasteiger partial charge in [0.2, 0.25) is 0 Å². The summed E-state index contributed by atoms with van der Waals surface area (Å²) in [5.74, 6) is -0.509. The van der Waals surface area contributed by atoms with E-state index in [1.807, 2.05) is 20.8 Å². The summed E-state index contributed by atoms with van der Waals surface area (Å²) in [4.78, 5) is 16.5. The topological polar surface area (TPSA) is 87.7 Å². The number of amides is 1. The average molecular weight is 241 g/mol. The Kier molecular flexibility index (Phi) is 3.66. The molecule has 4 N–H and O–H groups in total. The molecule has 0 spiro atoms. The number of primary amides is 1. The number of thiophene rings is 1. The molecular formula is C10H15N3O2S. The van der Waals surface area contributed by atoms with Crippen LogP contribution in [0.5, 0.6) is 0 Å². The van der Waals surface area contributed by atoms with E-state index in [4.69, 9.17) is 10.9 Å². The van der Waals surface area contributed by atoms with Gasteiger partial charge in [0.05, 0.1) is 5.69 Å². The van der Waals surface area contributed by atoms with Crippen molar-refractivity contribution in [3.63, 3.8) is 0 Å². The smallest absolute Gasteiger partial charge is 0.261 e. The number of hydrogen-bond acceptors (Lipinski definition) is 4. The molecule has 1 heterocycles. The lowest BCUT2D eigenvalue weighted by Crippen LogP contribution is -2.10. The second kappa shape index (κ2) is 4.63. The van der Waals surface area contributed by atoms with Crippen LogP contribution in [0.3, 0.4) is 0 Å². The molecule has 5 nitrogen and oxygen atoms in total. The Hall–Kier alpha value is -1.40. The molecule has 0 radical (unpaired) electrons. The van der Waals surface area contributed by atoms with E-state index in [1.165, 1.54) is 11.3 Å². The zero-order chi connectivity index (χ0) is 12.3. The van der Waals surface area contributed by atoms with Crippen LogP contribution in [0.4, 0.5) is 5.69 Å². The summed E-state index contributed by atoms with van der Waals surface area (Å²) in [6, 6.07) is 1.80. The van der Waals surface area contributed by atoms with Gasteiger partial charge in [-0.15, -0.1) is 11.3 Å². The van der Waals surface area contributed by atoms with Gasteiger partial charge in [-0.2, -0.15) is 0 Å². The first-order valence-corrected chi connectivity index (χ1v) is 5.54. The van der Waals surface area contributed by atoms with Crippen LogP contribution >= 0.6 is 11.3 Å². The van der Waals surface area contributed by atoms with Crippen molar-refractivity contribution in [1.82, 2.24) is 5.48 Å². The van der Waals surface area contributed by atoms with Gasteiger partial charge in [-0.1, -0.05) is 20.8 Å². The summed E-state index contributed by atoms with van der Waals surface area (Å²) in [7, 11) is 0. The van der Waals surface area contributed by atoms with E-state index >= 15 is 0 Å². The van der Waals surface area contributed by atoms with Crippen LogP contribution in [0.1, 0.15) is 35.3 Å². The molecule has 16 heavy (non-hydrogen) atoms. The molecule has 1 aromatic heterocycles. The summed E-state index contributed by atoms with van der Waals surface area (Å²) in [6.45, 7) is 6.13. The standard InChI is InChI=1S/C10H15N3O2S/c1-10(2,3)7-4-6(12-5-13-15)8(16-7)9(11)14/h4-5,15H,1-3H3,(H2,11,14)(H,12,13). The van der Waals surface area contributed by atoms with E-state index in [0.717, 1.165) is 11.2 Å². The maximum Gasteiger partial charge on any atom is 0.261 e. The molecule has 0 aromatic carbocycles. The van der Waals surface area contributed by atoms with Crippen molar-refractivity contribution in [2.24, 2.45) is 10.7 Å². The van der Waals surface area contributed by atoms with Gasteiger partial charge < -0.3 is 5.73 Å². The molecule has 0 atom stereocenters. The molecule has 0 aliphatic carbocycles. The summed E-state index contributed by atoms with van der Waals surface area (Å²) < 4.78 is 0. The van der Waals surface area contributed by atoms with Crippen LogP contribution in [0.15, 0.2) is 11.1 Å². The minimum absolute atomic E-state index is 0.0602. The Morgan fingerprint density at radius 2 is 2.25 bits per heavy atom. The highest BCUT2D eigenvalue weighted by Gasteiger charge is 2.21. The maximum absolute atomic E-state index is 11.2. The Bertz CT molecular complexity index is 418. The summed E-state index contributed by atoms with van der Waals surface area (Å²) >= 11 is 1.33. The lowest BCUT2D eigenvalue weighted by Gasteiger charge is -2.14. The third kappa shape index (κ3) is 2.80. The first kappa shape index (κ1) is 12.7. The van der Waals surface area contributed by atoms with Crippen molar-refractivity contribution in [2.45, 2.75) is 26.2 Å². The monoisotopic (exact) mass is 241 g/mol. The van der Waals surface area contributed by atoms with Gasteiger partial charge in [0.1, 0.15) is 11.2 Å². The summed E-state index contributed by atoms with van der Waals surface area (Å²) in [5, 5.41) is 8.41. The predicted octanol–water partition coefficient (Wildman–Crippen LogP) is 1.78. The number of hydroxylamine groups is 1. The van der Waals surface area contributed by atoms with Crippen molar-refractivity contribution in [3.8, 4) is 0 Å². The Morgan fingerprint density at radius 1 is 1.62 bits per heavy atom. The quantitative estimate of drug-likeness (QED) is 0.428. The lowest BCUT2D eigenvalue weighted by molar-refractivity contribution is 0.100. The van der Waals surface area contributed by atoms with Crippen LogP contribution in [0.25, 0.3) is 0 Å². The van der Waals surface area contributed by atoms with E-state index in [1.54, 1.807) is 11.5 Å². The minimum atomic E-state index is -0.509. The lowest BCUT2D eigenvalue weighted by atomic mass is 9.95. The van der Waals surface area contributed by atoms with Gasteiger partial charge in [0.25, 0.3) is 5.91 Å². The fourth-order valence-electron chi connectivity index (χ4n) is 1.12. The highest BCUT2D eigenvalue weighted by atomic mass is 32.1. The van der Waals surface area contributed by atoms with E-state index in [-0.39, 0.29) is 5.41 Å². The van der Waals surface area contributed by atoms with Gasteiger partial charge in [-0.25, -0.2) is 4.99 Å². The molecule has 6 heteroatoms. The SMILES string of the molecule is CC(C)(C)c1cc(N=CNO)c(C(N)=O)s1. The minimum Gasteiger partial charge on any atom is -0.365 e. The highest BCUT2D eigenvalue weighted by molar-refractivity contribution is 7.14. The molecule has 1 amide bonds. The third-order valence-corrected chi connectivity index (χ3v) is 3.50. The molecule has 0 fully saturated rings. The molecule has 0 aliphatic rings. The van der Waals surface area contributed by atoms with Crippen molar-refractivity contribution >= 4 is 29.3 Å². The molecule has 1 aromatic rings. The number of aliphatic imine (C=N–C) groups is 1. The third-order valence-electron chi connectivity index (χ3n) is 1.94. The predicted molar refractivity (Wildman–Crippen MR) is 64.6 cm³/mol. The highest BCUT2D eigenvalue weighted by Crippen LogP contribution is 2.36. The second-order valence-electron chi connectivity index (χ2n) is 4.33. The molecular weight excluding hydrogens is 226 g/mol. The van der Waals surface area contributed by atoms with Gasteiger partial charge >= 0.3 is 0 Å². The van der Waals surface area contributed by atoms with Crippen molar-refractivity contribution in [2.75, 3.05) is 0 Å². The van der Waals surface area contributed by atoms with E-state index in [0.29, 0.717) is 10.6 Å². The number of hydrogen-bond donors (Lipinski definition) is 3. The van der Waals surface area contributed by atoms with Crippen LogP contribution in [-0.2, 0) is 5.41 Å². The van der Waals surface area contributed by atoms with Crippen molar-refractivity contribution < 1.29 is 10.0 Å². The first-order valence-electron chi connectivity index (χ1n) is 4.72.